The maximum Gasteiger partial charge on any atom is 0.344 e. The summed E-state index contributed by atoms with van der Waals surface area (Å²) in [7, 11) is 0. The molecule has 6 nitrogen and oxygen atoms in total. The number of carbonyl (C=O) groups is 2. The highest BCUT2D eigenvalue weighted by atomic mass is 16.6. The van der Waals surface area contributed by atoms with Gasteiger partial charge in [-0.15, -0.1) is 0 Å². The Labute approximate surface area is 158 Å². The second-order valence-electron chi connectivity index (χ2n) is 6.24. The van der Waals surface area contributed by atoms with Gasteiger partial charge in [-0.25, -0.2) is 4.79 Å². The summed E-state index contributed by atoms with van der Waals surface area (Å²) >= 11 is 0. The minimum absolute atomic E-state index is 0.219. The van der Waals surface area contributed by atoms with Gasteiger partial charge < -0.3 is 19.5 Å². The Kier molecular flexibility index (Phi) is 6.68. The van der Waals surface area contributed by atoms with Gasteiger partial charge in [0.15, 0.2) is 13.2 Å². The first-order chi connectivity index (χ1) is 13.2. The number of rotatable bonds is 9. The molecule has 0 fully saturated rings. The molecule has 2 aromatic carbocycles. The Bertz CT molecular complexity index is 775. The van der Waals surface area contributed by atoms with E-state index in [9.17, 15) is 9.59 Å². The summed E-state index contributed by atoms with van der Waals surface area (Å²) in [6.45, 7) is 0.114. The van der Waals surface area contributed by atoms with Gasteiger partial charge >= 0.3 is 5.97 Å². The van der Waals surface area contributed by atoms with Gasteiger partial charge in [0.05, 0.1) is 6.54 Å². The van der Waals surface area contributed by atoms with Crippen molar-refractivity contribution >= 4 is 11.9 Å². The topological polar surface area (TPSA) is 73.9 Å². The predicted molar refractivity (Wildman–Crippen MR) is 99.9 cm³/mol. The standard InChI is InChI=1S/C21H23NO5/c23-20(22-11-12-25-18-7-2-1-3-8-18)14-27-21(24)15-26-19-10-9-16-5-4-6-17(16)13-19/h1-3,7-10,13H,4-6,11-12,14-15H2,(H,22,23). The van der Waals surface area contributed by atoms with Crippen molar-refractivity contribution in [1.82, 2.24) is 5.32 Å². The smallest absolute Gasteiger partial charge is 0.344 e. The minimum Gasteiger partial charge on any atom is -0.492 e. The van der Waals surface area contributed by atoms with Gasteiger partial charge in [-0.2, -0.15) is 0 Å². The number of amides is 1. The van der Waals surface area contributed by atoms with Gasteiger partial charge in [0.25, 0.3) is 5.91 Å². The molecule has 2 aromatic rings. The molecule has 0 saturated carbocycles. The molecule has 0 unspecified atom stereocenters. The van der Waals surface area contributed by atoms with E-state index in [0.717, 1.165) is 25.0 Å². The molecule has 142 valence electrons. The van der Waals surface area contributed by atoms with Crippen LogP contribution in [0.1, 0.15) is 17.5 Å². The lowest BCUT2D eigenvalue weighted by Crippen LogP contribution is -2.32. The lowest BCUT2D eigenvalue weighted by Gasteiger charge is -2.09. The highest BCUT2D eigenvalue weighted by Crippen LogP contribution is 2.25. The lowest BCUT2D eigenvalue weighted by atomic mass is 10.1. The summed E-state index contributed by atoms with van der Waals surface area (Å²) in [6.07, 6.45) is 3.31. The summed E-state index contributed by atoms with van der Waals surface area (Å²) in [5.41, 5.74) is 2.62. The fourth-order valence-corrected chi connectivity index (χ4v) is 2.90. The first kappa shape index (κ1) is 18.8. The Hall–Kier alpha value is -3.02. The van der Waals surface area contributed by atoms with Crippen molar-refractivity contribution in [3.05, 3.63) is 59.7 Å². The van der Waals surface area contributed by atoms with E-state index in [1.54, 1.807) is 0 Å². The van der Waals surface area contributed by atoms with Crippen LogP contribution in [0, 0.1) is 0 Å². The van der Waals surface area contributed by atoms with Crippen molar-refractivity contribution in [2.45, 2.75) is 19.3 Å². The Morgan fingerprint density at radius 3 is 2.56 bits per heavy atom. The number of ether oxygens (including phenoxy) is 3. The zero-order valence-electron chi connectivity index (χ0n) is 15.1. The maximum absolute atomic E-state index is 11.7. The van der Waals surface area contributed by atoms with Crippen molar-refractivity contribution in [2.75, 3.05) is 26.4 Å². The molecule has 1 aliphatic rings. The molecule has 0 atom stereocenters. The third-order valence-corrected chi connectivity index (χ3v) is 4.23. The van der Waals surface area contributed by atoms with E-state index in [1.807, 2.05) is 48.5 Å². The highest BCUT2D eigenvalue weighted by Gasteiger charge is 2.12. The highest BCUT2D eigenvalue weighted by molar-refractivity contribution is 5.80. The van der Waals surface area contributed by atoms with E-state index >= 15 is 0 Å². The number of aryl methyl sites for hydroxylation is 2. The normalized spacial score (nSPS) is 12.1. The zero-order chi connectivity index (χ0) is 18.9. The van der Waals surface area contributed by atoms with Crippen LogP contribution in [0.25, 0.3) is 0 Å². The summed E-state index contributed by atoms with van der Waals surface area (Å²) in [6, 6.07) is 15.2. The fraction of sp³-hybridized carbons (Fsp3) is 0.333. The molecule has 0 aliphatic heterocycles. The van der Waals surface area contributed by atoms with Gasteiger partial charge in [-0.05, 0) is 54.7 Å². The molecule has 0 aromatic heterocycles. The SMILES string of the molecule is O=C(COC(=O)COc1ccc2c(c1)CCC2)NCCOc1ccccc1. The largest absolute Gasteiger partial charge is 0.492 e. The number of nitrogens with one attached hydrogen (secondary N) is 1. The molecule has 0 radical (unpaired) electrons. The average Bonchev–Trinajstić information content (AvgIpc) is 3.17. The number of benzene rings is 2. The van der Waals surface area contributed by atoms with Crippen LogP contribution in [0.4, 0.5) is 0 Å². The van der Waals surface area contributed by atoms with E-state index in [2.05, 4.69) is 5.32 Å². The molecule has 3 rings (SSSR count). The van der Waals surface area contributed by atoms with Gasteiger partial charge in [-0.3, -0.25) is 4.79 Å². The molecule has 0 spiro atoms. The Morgan fingerprint density at radius 1 is 0.889 bits per heavy atom. The van der Waals surface area contributed by atoms with E-state index in [-0.39, 0.29) is 19.1 Å². The fourth-order valence-electron chi connectivity index (χ4n) is 2.90. The van der Waals surface area contributed by atoms with Crippen LogP contribution in [0.2, 0.25) is 0 Å². The van der Waals surface area contributed by atoms with E-state index in [1.165, 1.54) is 11.1 Å². The molecule has 0 saturated heterocycles. The number of hydrogen-bond donors (Lipinski definition) is 1. The lowest BCUT2D eigenvalue weighted by molar-refractivity contribution is -0.150. The summed E-state index contributed by atoms with van der Waals surface area (Å²) in [4.78, 5) is 23.4. The second-order valence-corrected chi connectivity index (χ2v) is 6.24. The van der Waals surface area contributed by atoms with E-state index < -0.39 is 5.97 Å². The quantitative estimate of drug-likeness (QED) is 0.542. The van der Waals surface area contributed by atoms with Crippen LogP contribution in [0.15, 0.2) is 48.5 Å². The molecule has 6 heteroatoms. The number of hydrogen-bond acceptors (Lipinski definition) is 5. The summed E-state index contributed by atoms with van der Waals surface area (Å²) in [5.74, 6) is 0.431. The molecular weight excluding hydrogens is 346 g/mol. The van der Waals surface area contributed by atoms with Gasteiger partial charge in [0.2, 0.25) is 0 Å². The van der Waals surface area contributed by atoms with Crippen LogP contribution in [0.5, 0.6) is 11.5 Å². The van der Waals surface area contributed by atoms with Crippen molar-refractivity contribution in [1.29, 1.82) is 0 Å². The third-order valence-electron chi connectivity index (χ3n) is 4.23. The monoisotopic (exact) mass is 369 g/mol. The van der Waals surface area contributed by atoms with E-state index in [4.69, 9.17) is 14.2 Å². The van der Waals surface area contributed by atoms with Crippen LogP contribution in [-0.2, 0) is 27.2 Å². The number of para-hydroxylation sites is 1. The number of carbonyl (C=O) groups excluding carboxylic acids is 2. The summed E-state index contributed by atoms with van der Waals surface area (Å²) in [5, 5.41) is 2.63. The van der Waals surface area contributed by atoms with Crippen molar-refractivity contribution < 1.29 is 23.8 Å². The average molecular weight is 369 g/mol. The first-order valence-corrected chi connectivity index (χ1v) is 9.05. The molecule has 1 N–H and O–H groups in total. The molecule has 1 amide bonds. The number of fused-ring (bicyclic) bond motifs is 1. The van der Waals surface area contributed by atoms with Gasteiger partial charge in [0.1, 0.15) is 18.1 Å². The molecule has 1 aliphatic carbocycles. The minimum atomic E-state index is -0.578. The van der Waals surface area contributed by atoms with Gasteiger partial charge in [-0.1, -0.05) is 24.3 Å². The molecule has 27 heavy (non-hydrogen) atoms. The summed E-state index contributed by atoms with van der Waals surface area (Å²) < 4.78 is 15.8. The second kappa shape index (κ2) is 9.62. The van der Waals surface area contributed by atoms with Crippen LogP contribution in [0.3, 0.4) is 0 Å². The Balaban J connectivity index is 1.28. The van der Waals surface area contributed by atoms with Crippen LogP contribution >= 0.6 is 0 Å². The van der Waals surface area contributed by atoms with Crippen molar-refractivity contribution in [3.63, 3.8) is 0 Å². The van der Waals surface area contributed by atoms with Crippen molar-refractivity contribution in [2.24, 2.45) is 0 Å². The predicted octanol–water partition coefficient (Wildman–Crippen LogP) is 2.29. The molecule has 0 bridgehead atoms. The van der Waals surface area contributed by atoms with Crippen LogP contribution in [-0.4, -0.2) is 38.2 Å². The van der Waals surface area contributed by atoms with Crippen molar-refractivity contribution in [3.8, 4) is 11.5 Å². The zero-order valence-corrected chi connectivity index (χ0v) is 15.1. The maximum atomic E-state index is 11.7. The Morgan fingerprint density at radius 2 is 1.70 bits per heavy atom. The van der Waals surface area contributed by atoms with E-state index in [0.29, 0.717) is 18.9 Å². The van der Waals surface area contributed by atoms with Crippen LogP contribution < -0.4 is 14.8 Å². The molecular formula is C21H23NO5. The first-order valence-electron chi connectivity index (χ1n) is 9.05. The number of esters is 1. The molecule has 0 heterocycles. The van der Waals surface area contributed by atoms with Gasteiger partial charge in [0, 0.05) is 0 Å². The third kappa shape index (κ3) is 6.02.